The number of imide groups is 1. The summed E-state index contributed by atoms with van der Waals surface area (Å²) in [6, 6.07) is 9.32. The number of benzene rings is 2. The summed E-state index contributed by atoms with van der Waals surface area (Å²) in [4.78, 5) is 26.3. The highest BCUT2D eigenvalue weighted by molar-refractivity contribution is 6.53. The summed E-state index contributed by atoms with van der Waals surface area (Å²) in [5.41, 5.74) is 2.42. The summed E-state index contributed by atoms with van der Waals surface area (Å²) in [7, 11) is 0. The monoisotopic (exact) mass is 378 g/mol. The minimum Gasteiger partial charge on any atom is -0.350 e. The van der Waals surface area contributed by atoms with E-state index in [0.717, 1.165) is 22.1 Å². The van der Waals surface area contributed by atoms with Crippen LogP contribution in [0.2, 0.25) is 5.02 Å². The minimum absolute atomic E-state index is 0.0738. The number of halogens is 3. The molecule has 2 aromatic carbocycles. The normalized spacial score (nSPS) is 14.5. The van der Waals surface area contributed by atoms with Gasteiger partial charge in [0.15, 0.2) is 0 Å². The van der Waals surface area contributed by atoms with E-state index in [1.807, 2.05) is 19.1 Å². The van der Waals surface area contributed by atoms with Gasteiger partial charge in [-0.1, -0.05) is 35.3 Å². The van der Waals surface area contributed by atoms with Gasteiger partial charge in [0, 0.05) is 5.69 Å². The minimum atomic E-state index is -0.615. The molecular formula is C18H13Cl2FN2O2. The molecule has 1 aliphatic rings. The Labute approximate surface area is 153 Å². The number of hydrogen-bond donors (Lipinski definition) is 1. The number of carbonyl (C=O) groups is 2. The lowest BCUT2D eigenvalue weighted by molar-refractivity contribution is -0.120. The van der Waals surface area contributed by atoms with Crippen molar-refractivity contribution in [2.45, 2.75) is 13.8 Å². The van der Waals surface area contributed by atoms with Crippen LogP contribution in [0.4, 0.5) is 15.8 Å². The van der Waals surface area contributed by atoms with Crippen LogP contribution in [0, 0.1) is 19.7 Å². The maximum Gasteiger partial charge on any atom is 0.283 e. The number of anilines is 2. The zero-order chi connectivity index (χ0) is 18.3. The number of carbonyl (C=O) groups excluding carboxylic acids is 2. The fourth-order valence-electron chi connectivity index (χ4n) is 2.51. The predicted octanol–water partition coefficient (Wildman–Crippen LogP) is 4.53. The van der Waals surface area contributed by atoms with Gasteiger partial charge in [-0.15, -0.1) is 0 Å². The zero-order valence-electron chi connectivity index (χ0n) is 13.4. The van der Waals surface area contributed by atoms with E-state index >= 15 is 0 Å². The second-order valence-electron chi connectivity index (χ2n) is 5.68. The Balaban J connectivity index is 1.96. The van der Waals surface area contributed by atoms with Gasteiger partial charge in [-0.2, -0.15) is 0 Å². The molecule has 0 bridgehead atoms. The predicted molar refractivity (Wildman–Crippen MR) is 96.3 cm³/mol. The molecule has 0 radical (unpaired) electrons. The quantitative estimate of drug-likeness (QED) is 0.798. The molecule has 1 aliphatic heterocycles. The summed E-state index contributed by atoms with van der Waals surface area (Å²) < 4.78 is 13.3. The van der Waals surface area contributed by atoms with Crippen LogP contribution in [0.5, 0.6) is 0 Å². The summed E-state index contributed by atoms with van der Waals surface area (Å²) >= 11 is 11.8. The summed E-state index contributed by atoms with van der Waals surface area (Å²) in [5, 5.41) is 2.42. The van der Waals surface area contributed by atoms with Crippen LogP contribution in [0.15, 0.2) is 47.1 Å². The highest BCUT2D eigenvalue weighted by atomic mass is 35.5. The summed E-state index contributed by atoms with van der Waals surface area (Å²) in [6.07, 6.45) is 0. The number of rotatable bonds is 3. The molecule has 0 aromatic heterocycles. The van der Waals surface area contributed by atoms with Crippen LogP contribution >= 0.6 is 23.2 Å². The van der Waals surface area contributed by atoms with Crippen molar-refractivity contribution in [3.63, 3.8) is 0 Å². The molecule has 0 spiro atoms. The molecule has 2 aromatic rings. The van der Waals surface area contributed by atoms with Crippen molar-refractivity contribution in [1.82, 2.24) is 0 Å². The van der Waals surface area contributed by atoms with Crippen LogP contribution in [0.25, 0.3) is 0 Å². The van der Waals surface area contributed by atoms with E-state index in [9.17, 15) is 14.0 Å². The maximum absolute atomic E-state index is 13.3. The number of aryl methyl sites for hydroxylation is 2. The van der Waals surface area contributed by atoms with Gasteiger partial charge in [0.2, 0.25) is 0 Å². The average molecular weight is 379 g/mol. The largest absolute Gasteiger partial charge is 0.350 e. The third kappa shape index (κ3) is 3.13. The second-order valence-corrected chi connectivity index (χ2v) is 6.46. The standard InChI is InChI=1S/C18H13Cl2FN2O2/c1-9-3-4-10(2)14(7-9)23-17(24)15(20)16(18(23)25)22-11-5-6-13(21)12(19)8-11/h3-8,22H,1-2H3. The lowest BCUT2D eigenvalue weighted by Crippen LogP contribution is -2.32. The number of nitrogens with zero attached hydrogens (tertiary/aromatic N) is 1. The topological polar surface area (TPSA) is 49.4 Å². The van der Waals surface area contributed by atoms with Gasteiger partial charge in [-0.25, -0.2) is 9.29 Å². The average Bonchev–Trinajstić information content (AvgIpc) is 2.77. The molecule has 4 nitrogen and oxygen atoms in total. The first-order chi connectivity index (χ1) is 11.8. The first-order valence-corrected chi connectivity index (χ1v) is 8.13. The fourth-order valence-corrected chi connectivity index (χ4v) is 2.90. The molecule has 25 heavy (non-hydrogen) atoms. The number of amides is 2. The summed E-state index contributed by atoms with van der Waals surface area (Å²) in [6.45, 7) is 3.66. The van der Waals surface area contributed by atoms with E-state index in [1.165, 1.54) is 12.1 Å². The van der Waals surface area contributed by atoms with Crippen molar-refractivity contribution in [3.8, 4) is 0 Å². The molecule has 0 unspecified atom stereocenters. The molecule has 1 N–H and O–H groups in total. The molecular weight excluding hydrogens is 366 g/mol. The third-order valence-corrected chi connectivity index (χ3v) is 4.46. The van der Waals surface area contributed by atoms with Gasteiger partial charge in [-0.3, -0.25) is 9.59 Å². The van der Waals surface area contributed by atoms with Crippen LogP contribution in [0.3, 0.4) is 0 Å². The van der Waals surface area contributed by atoms with E-state index in [2.05, 4.69) is 5.32 Å². The Morgan fingerprint density at radius 2 is 1.72 bits per heavy atom. The lowest BCUT2D eigenvalue weighted by Gasteiger charge is -2.18. The molecule has 0 aliphatic carbocycles. The lowest BCUT2D eigenvalue weighted by atomic mass is 10.1. The van der Waals surface area contributed by atoms with Crippen molar-refractivity contribution in [1.29, 1.82) is 0 Å². The Hall–Kier alpha value is -2.37. The Kier molecular flexibility index (Phi) is 4.54. The van der Waals surface area contributed by atoms with Crippen LogP contribution in [-0.2, 0) is 9.59 Å². The van der Waals surface area contributed by atoms with E-state index in [0.29, 0.717) is 11.4 Å². The molecule has 0 saturated heterocycles. The zero-order valence-corrected chi connectivity index (χ0v) is 14.9. The van der Waals surface area contributed by atoms with Crippen molar-refractivity contribution < 1.29 is 14.0 Å². The smallest absolute Gasteiger partial charge is 0.283 e. The molecule has 0 atom stereocenters. The van der Waals surface area contributed by atoms with Crippen LogP contribution in [-0.4, -0.2) is 11.8 Å². The molecule has 128 valence electrons. The molecule has 0 saturated carbocycles. The third-order valence-electron chi connectivity index (χ3n) is 3.82. The Bertz CT molecular complexity index is 941. The first kappa shape index (κ1) is 17.5. The van der Waals surface area contributed by atoms with E-state index < -0.39 is 17.6 Å². The SMILES string of the molecule is Cc1ccc(C)c(N2C(=O)C(Cl)=C(Nc3ccc(F)c(Cl)c3)C2=O)c1. The van der Waals surface area contributed by atoms with Gasteiger partial charge in [0.1, 0.15) is 16.5 Å². The van der Waals surface area contributed by atoms with E-state index in [4.69, 9.17) is 23.2 Å². The highest BCUT2D eigenvalue weighted by Gasteiger charge is 2.39. The van der Waals surface area contributed by atoms with Gasteiger partial charge < -0.3 is 5.32 Å². The van der Waals surface area contributed by atoms with Gasteiger partial charge in [-0.05, 0) is 49.2 Å². The van der Waals surface area contributed by atoms with E-state index in [1.54, 1.807) is 13.0 Å². The van der Waals surface area contributed by atoms with Gasteiger partial charge >= 0.3 is 0 Å². The highest BCUT2D eigenvalue weighted by Crippen LogP contribution is 2.33. The van der Waals surface area contributed by atoms with Gasteiger partial charge in [0.25, 0.3) is 11.8 Å². The molecule has 2 amide bonds. The van der Waals surface area contributed by atoms with Crippen molar-refractivity contribution in [2.75, 3.05) is 10.2 Å². The fraction of sp³-hybridized carbons (Fsp3) is 0.111. The van der Waals surface area contributed by atoms with Crippen molar-refractivity contribution >= 4 is 46.4 Å². The second kappa shape index (κ2) is 6.50. The molecule has 0 fully saturated rings. The van der Waals surface area contributed by atoms with Crippen molar-refractivity contribution in [2.24, 2.45) is 0 Å². The van der Waals surface area contributed by atoms with Crippen LogP contribution < -0.4 is 10.2 Å². The number of hydrogen-bond acceptors (Lipinski definition) is 3. The van der Waals surface area contributed by atoms with Crippen molar-refractivity contribution in [3.05, 3.63) is 69.1 Å². The number of nitrogens with one attached hydrogen (secondary N) is 1. The Morgan fingerprint density at radius 1 is 1.00 bits per heavy atom. The Morgan fingerprint density at radius 3 is 2.40 bits per heavy atom. The maximum atomic E-state index is 13.3. The molecule has 3 rings (SSSR count). The molecule has 7 heteroatoms. The van der Waals surface area contributed by atoms with E-state index in [-0.39, 0.29) is 15.8 Å². The summed E-state index contributed by atoms with van der Waals surface area (Å²) in [5.74, 6) is -1.78. The molecule has 1 heterocycles. The van der Waals surface area contributed by atoms with Crippen LogP contribution in [0.1, 0.15) is 11.1 Å². The first-order valence-electron chi connectivity index (χ1n) is 7.37. The van der Waals surface area contributed by atoms with Gasteiger partial charge in [0.05, 0.1) is 10.7 Å².